The van der Waals surface area contributed by atoms with Crippen molar-refractivity contribution >= 4 is 63.7 Å². The summed E-state index contributed by atoms with van der Waals surface area (Å²) in [6.07, 6.45) is 19.4. The van der Waals surface area contributed by atoms with Gasteiger partial charge in [-0.05, 0) is 79.5 Å². The van der Waals surface area contributed by atoms with Crippen LogP contribution >= 0.6 is 34.4 Å². The number of unbranched alkanes of at least 4 members (excludes halogenated alkanes) is 2. The molecule has 0 amide bonds. The molecule has 40 heavy (non-hydrogen) atoms. The summed E-state index contributed by atoms with van der Waals surface area (Å²) in [6.45, 7) is 13.9. The maximum atomic E-state index is 4.61. The average Bonchev–Trinajstić information content (AvgIpc) is 3.71. The van der Waals surface area contributed by atoms with Crippen molar-refractivity contribution in [3.05, 3.63) is 62.3 Å². The van der Waals surface area contributed by atoms with Crippen molar-refractivity contribution in [2.45, 2.75) is 98.3 Å². The second-order valence-corrected chi connectivity index (χ2v) is 14.7. The standard InChI is InChI=1S/C35H44N2S3/c1-7-10-13-23(4)21-35(22-24(5)14-11-8-2)29-19-27(12-9-3)38-33(29)34-30(35)20-28(39-34)18-17-26-16-15-25(6)31-32(26)37-40-36-31/h9,12,15-20,23-24H,7-8,10-11,13-14,21-22H2,1-6H3/b12-9+,18-17+/t23-,24-/m1/s1. The molecule has 3 aromatic heterocycles. The lowest BCUT2D eigenvalue weighted by Crippen LogP contribution is -2.30. The van der Waals surface area contributed by atoms with Crippen LogP contribution in [0.25, 0.3) is 39.0 Å². The van der Waals surface area contributed by atoms with E-state index in [4.69, 9.17) is 0 Å². The van der Waals surface area contributed by atoms with Gasteiger partial charge in [0.2, 0.25) is 0 Å². The lowest BCUT2D eigenvalue weighted by molar-refractivity contribution is 0.295. The third-order valence-electron chi connectivity index (χ3n) is 8.64. The second-order valence-electron chi connectivity index (χ2n) is 12.0. The highest BCUT2D eigenvalue weighted by atomic mass is 32.1. The SMILES string of the molecule is C/C=C/c1cc2c(s1)-c1sc(/C=C/c3ccc(C)c4nsnc34)cc1C2(C[C@H](C)CCCC)C[C@H](C)CCCC. The van der Waals surface area contributed by atoms with Crippen LogP contribution < -0.4 is 0 Å². The van der Waals surface area contributed by atoms with Gasteiger partial charge < -0.3 is 0 Å². The van der Waals surface area contributed by atoms with Crippen molar-refractivity contribution in [1.82, 2.24) is 8.75 Å². The minimum atomic E-state index is 0.111. The summed E-state index contributed by atoms with van der Waals surface area (Å²) in [6, 6.07) is 9.44. The maximum Gasteiger partial charge on any atom is 0.112 e. The van der Waals surface area contributed by atoms with Gasteiger partial charge in [0, 0.05) is 30.5 Å². The monoisotopic (exact) mass is 588 g/mol. The summed E-state index contributed by atoms with van der Waals surface area (Å²) >= 11 is 5.29. The predicted octanol–water partition coefficient (Wildman–Crippen LogP) is 12.0. The third kappa shape index (κ3) is 5.80. The highest BCUT2D eigenvalue weighted by Gasteiger charge is 2.47. The Hall–Kier alpha value is -2.08. The summed E-state index contributed by atoms with van der Waals surface area (Å²) in [5, 5.41) is 0. The van der Waals surface area contributed by atoms with E-state index in [2.05, 4.69) is 98.9 Å². The molecular weight excluding hydrogens is 545 g/mol. The molecule has 0 fully saturated rings. The van der Waals surface area contributed by atoms with E-state index < -0.39 is 0 Å². The van der Waals surface area contributed by atoms with E-state index in [1.807, 2.05) is 22.7 Å². The molecule has 0 bridgehead atoms. The Morgan fingerprint density at radius 1 is 0.800 bits per heavy atom. The minimum absolute atomic E-state index is 0.111. The molecule has 1 aliphatic rings. The van der Waals surface area contributed by atoms with E-state index in [0.29, 0.717) is 11.8 Å². The first-order valence-electron chi connectivity index (χ1n) is 15.2. The summed E-state index contributed by atoms with van der Waals surface area (Å²) in [4.78, 5) is 5.79. The van der Waals surface area contributed by atoms with Gasteiger partial charge >= 0.3 is 0 Å². The number of fused-ring (bicyclic) bond motifs is 4. The molecule has 2 atom stereocenters. The van der Waals surface area contributed by atoms with E-state index >= 15 is 0 Å². The van der Waals surface area contributed by atoms with Crippen LogP contribution in [0.5, 0.6) is 0 Å². The molecule has 1 aliphatic carbocycles. The molecule has 5 heteroatoms. The van der Waals surface area contributed by atoms with Crippen LogP contribution in [0.1, 0.15) is 118 Å². The molecule has 4 aromatic rings. The molecule has 0 radical (unpaired) electrons. The smallest absolute Gasteiger partial charge is 0.112 e. The molecule has 5 rings (SSSR count). The molecule has 0 saturated heterocycles. The number of nitrogens with zero attached hydrogens (tertiary/aromatic N) is 2. The van der Waals surface area contributed by atoms with Crippen LogP contribution in [-0.4, -0.2) is 8.75 Å². The van der Waals surface area contributed by atoms with Gasteiger partial charge in [-0.2, -0.15) is 8.75 Å². The number of hydrogen-bond acceptors (Lipinski definition) is 5. The van der Waals surface area contributed by atoms with E-state index in [1.165, 1.54) is 88.2 Å². The van der Waals surface area contributed by atoms with Gasteiger partial charge in [-0.15, -0.1) is 22.7 Å². The Bertz CT molecular complexity index is 1480. The number of aryl methyl sites for hydroxylation is 1. The van der Waals surface area contributed by atoms with E-state index in [0.717, 1.165) is 16.6 Å². The highest BCUT2D eigenvalue weighted by Crippen LogP contribution is 2.60. The average molecular weight is 589 g/mol. The lowest BCUT2D eigenvalue weighted by atomic mass is 9.67. The molecule has 3 heterocycles. The van der Waals surface area contributed by atoms with Crippen LogP contribution in [-0.2, 0) is 5.41 Å². The summed E-state index contributed by atoms with van der Waals surface area (Å²) < 4.78 is 9.14. The van der Waals surface area contributed by atoms with Gasteiger partial charge in [-0.1, -0.05) is 90.5 Å². The minimum Gasteiger partial charge on any atom is -0.173 e. The van der Waals surface area contributed by atoms with Crippen LogP contribution in [0.2, 0.25) is 0 Å². The number of hydrogen-bond donors (Lipinski definition) is 0. The van der Waals surface area contributed by atoms with Crippen molar-refractivity contribution in [3.8, 4) is 9.75 Å². The topological polar surface area (TPSA) is 25.8 Å². The number of benzene rings is 1. The Kier molecular flexibility index (Phi) is 9.44. The van der Waals surface area contributed by atoms with Crippen molar-refractivity contribution < 1.29 is 0 Å². The van der Waals surface area contributed by atoms with Crippen molar-refractivity contribution in [2.24, 2.45) is 11.8 Å². The van der Waals surface area contributed by atoms with Gasteiger partial charge in [0.15, 0.2) is 0 Å². The molecule has 0 saturated carbocycles. The van der Waals surface area contributed by atoms with Gasteiger partial charge in [-0.25, -0.2) is 0 Å². The normalized spacial score (nSPS) is 15.8. The highest BCUT2D eigenvalue weighted by molar-refractivity contribution is 7.23. The molecule has 2 nitrogen and oxygen atoms in total. The first kappa shape index (κ1) is 29.4. The molecule has 212 valence electrons. The molecule has 0 unspecified atom stereocenters. The number of rotatable bonds is 13. The van der Waals surface area contributed by atoms with Crippen LogP contribution in [0.4, 0.5) is 0 Å². The zero-order chi connectivity index (χ0) is 28.3. The fourth-order valence-electron chi connectivity index (χ4n) is 6.68. The van der Waals surface area contributed by atoms with Gasteiger partial charge in [-0.3, -0.25) is 0 Å². The maximum absolute atomic E-state index is 4.61. The van der Waals surface area contributed by atoms with Crippen molar-refractivity contribution in [2.75, 3.05) is 0 Å². The molecule has 0 N–H and O–H groups in total. The Morgan fingerprint density at radius 2 is 1.38 bits per heavy atom. The summed E-state index contributed by atoms with van der Waals surface area (Å²) in [5.74, 6) is 1.41. The van der Waals surface area contributed by atoms with E-state index in [9.17, 15) is 0 Å². The predicted molar refractivity (Wildman–Crippen MR) is 181 cm³/mol. The molecule has 0 aliphatic heterocycles. The van der Waals surface area contributed by atoms with Gasteiger partial charge in [0.25, 0.3) is 0 Å². The van der Waals surface area contributed by atoms with Crippen molar-refractivity contribution in [3.63, 3.8) is 0 Å². The van der Waals surface area contributed by atoms with Gasteiger partial charge in [0.05, 0.1) is 11.7 Å². The van der Waals surface area contributed by atoms with Crippen molar-refractivity contribution in [1.29, 1.82) is 0 Å². The quantitative estimate of drug-likeness (QED) is 0.155. The van der Waals surface area contributed by atoms with E-state index in [-0.39, 0.29) is 5.41 Å². The Balaban J connectivity index is 1.59. The molecular formula is C35H44N2S3. The van der Waals surface area contributed by atoms with Crippen LogP contribution in [0.3, 0.4) is 0 Å². The first-order valence-corrected chi connectivity index (χ1v) is 17.6. The van der Waals surface area contributed by atoms with E-state index in [1.54, 1.807) is 11.1 Å². The number of allylic oxidation sites excluding steroid dienone is 1. The Morgan fingerprint density at radius 3 is 1.95 bits per heavy atom. The summed E-state index contributed by atoms with van der Waals surface area (Å²) in [7, 11) is 0. The van der Waals surface area contributed by atoms with Gasteiger partial charge in [0.1, 0.15) is 11.0 Å². The zero-order valence-corrected chi connectivity index (χ0v) is 27.5. The van der Waals surface area contributed by atoms with Crippen LogP contribution in [0.15, 0.2) is 30.3 Å². The Labute approximate surface area is 253 Å². The molecule has 1 aromatic carbocycles. The first-order chi connectivity index (χ1) is 19.4. The largest absolute Gasteiger partial charge is 0.173 e. The zero-order valence-electron chi connectivity index (χ0n) is 25.0. The second kappa shape index (κ2) is 12.8. The number of thiophene rings is 2. The van der Waals surface area contributed by atoms with Crippen LogP contribution in [0, 0.1) is 18.8 Å². The lowest BCUT2D eigenvalue weighted by Gasteiger charge is -2.36. The third-order valence-corrected chi connectivity index (χ3v) is 11.5. The fraction of sp³-hybridized carbons (Fsp3) is 0.486. The fourth-order valence-corrected chi connectivity index (χ4v) is 9.86. The molecule has 0 spiro atoms. The summed E-state index contributed by atoms with van der Waals surface area (Å²) in [5.41, 5.74) is 7.72. The number of aromatic nitrogens is 2.